The lowest BCUT2D eigenvalue weighted by atomic mass is 9.94. The largest absolute Gasteiger partial charge is 0.444 e. The van der Waals surface area contributed by atoms with Crippen molar-refractivity contribution in [2.24, 2.45) is 5.11 Å². The minimum Gasteiger partial charge on any atom is -0.444 e. The molecule has 0 aliphatic rings. The molecule has 2 aromatic rings. The number of nitrogens with zero attached hydrogens (tertiary/aromatic N) is 3. The van der Waals surface area contributed by atoms with Gasteiger partial charge in [-0.2, -0.15) is 0 Å². The van der Waals surface area contributed by atoms with E-state index in [1.54, 1.807) is 20.8 Å². The Hall–Kier alpha value is -3.31. The number of Topliss-reactive ketones (excluding diaryl/α,β-unsaturated/α-hetero) is 1. The molecule has 0 saturated carbocycles. The van der Waals surface area contributed by atoms with Crippen LogP contribution in [-0.2, 0) is 22.4 Å². The third-order valence-electron chi connectivity index (χ3n) is 4.11. The standard InChI is InChI=1S/C22H26N4O3/c1-22(2,3)29-21(28)24-18(14-16-10-6-4-7-11-16)20(27)19(25-26-23)15-17-12-8-5-9-13-17/h4-13,18-19H,14-15H2,1-3H3,(H,24,28). The number of hydrogen-bond acceptors (Lipinski definition) is 4. The highest BCUT2D eigenvalue weighted by Crippen LogP contribution is 2.14. The smallest absolute Gasteiger partial charge is 0.408 e. The Labute approximate surface area is 170 Å². The monoisotopic (exact) mass is 394 g/mol. The van der Waals surface area contributed by atoms with Gasteiger partial charge in [-0.05, 0) is 50.3 Å². The molecule has 7 nitrogen and oxygen atoms in total. The number of ether oxygens (including phenoxy) is 1. The number of hydrogen-bond donors (Lipinski definition) is 1. The van der Waals surface area contributed by atoms with Gasteiger partial charge in [-0.1, -0.05) is 65.8 Å². The number of nitrogens with one attached hydrogen (secondary N) is 1. The highest BCUT2D eigenvalue weighted by Gasteiger charge is 2.29. The van der Waals surface area contributed by atoms with Crippen LogP contribution in [0, 0.1) is 0 Å². The highest BCUT2D eigenvalue weighted by atomic mass is 16.6. The van der Waals surface area contributed by atoms with Crippen molar-refractivity contribution in [2.45, 2.75) is 51.3 Å². The Morgan fingerprint density at radius 1 is 1.00 bits per heavy atom. The molecule has 0 spiro atoms. The van der Waals surface area contributed by atoms with Crippen molar-refractivity contribution in [2.75, 3.05) is 0 Å². The van der Waals surface area contributed by atoms with E-state index in [-0.39, 0.29) is 18.6 Å². The fraction of sp³-hybridized carbons (Fsp3) is 0.364. The number of benzene rings is 2. The summed E-state index contributed by atoms with van der Waals surface area (Å²) in [6.45, 7) is 5.25. The zero-order valence-corrected chi connectivity index (χ0v) is 16.9. The molecule has 0 aliphatic carbocycles. The van der Waals surface area contributed by atoms with E-state index in [0.29, 0.717) is 0 Å². The Bertz CT molecular complexity index is 857. The number of ketones is 1. The van der Waals surface area contributed by atoms with Gasteiger partial charge in [0, 0.05) is 4.91 Å². The van der Waals surface area contributed by atoms with Crippen LogP contribution in [-0.4, -0.2) is 29.6 Å². The summed E-state index contributed by atoms with van der Waals surface area (Å²) in [5.41, 5.74) is 10.0. The lowest BCUT2D eigenvalue weighted by molar-refractivity contribution is -0.122. The normalized spacial score (nSPS) is 12.9. The predicted molar refractivity (Wildman–Crippen MR) is 111 cm³/mol. The summed E-state index contributed by atoms with van der Waals surface area (Å²) in [4.78, 5) is 28.4. The SMILES string of the molecule is CC(C)(C)OC(=O)NC(Cc1ccccc1)C(=O)C(Cc1ccccc1)N=[N+]=[N-]. The third-order valence-corrected chi connectivity index (χ3v) is 4.11. The number of amides is 1. The first-order chi connectivity index (χ1) is 13.8. The summed E-state index contributed by atoms with van der Waals surface area (Å²) >= 11 is 0. The second-order valence-electron chi connectivity index (χ2n) is 7.70. The zero-order valence-electron chi connectivity index (χ0n) is 16.9. The molecule has 0 saturated heterocycles. The minimum atomic E-state index is -0.939. The second-order valence-corrected chi connectivity index (χ2v) is 7.70. The summed E-state index contributed by atoms with van der Waals surface area (Å²) in [5, 5.41) is 6.36. The van der Waals surface area contributed by atoms with E-state index in [1.165, 1.54) is 0 Å². The van der Waals surface area contributed by atoms with Crippen molar-refractivity contribution < 1.29 is 14.3 Å². The molecule has 2 aromatic carbocycles. The third kappa shape index (κ3) is 7.68. The molecule has 0 heterocycles. The molecular formula is C22H26N4O3. The highest BCUT2D eigenvalue weighted by molar-refractivity contribution is 5.92. The average molecular weight is 394 g/mol. The van der Waals surface area contributed by atoms with Gasteiger partial charge in [0.15, 0.2) is 5.78 Å². The van der Waals surface area contributed by atoms with Gasteiger partial charge < -0.3 is 10.1 Å². The van der Waals surface area contributed by atoms with Gasteiger partial charge in [-0.3, -0.25) is 4.79 Å². The van der Waals surface area contributed by atoms with Crippen LogP contribution in [0.15, 0.2) is 65.8 Å². The molecule has 2 atom stereocenters. The molecule has 2 unspecified atom stereocenters. The van der Waals surface area contributed by atoms with Gasteiger partial charge in [0.05, 0.1) is 6.04 Å². The molecule has 7 heteroatoms. The molecule has 0 bridgehead atoms. The summed E-state index contributed by atoms with van der Waals surface area (Å²) in [6, 6.07) is 16.8. The van der Waals surface area contributed by atoms with E-state index in [4.69, 9.17) is 10.3 Å². The van der Waals surface area contributed by atoms with Crippen LogP contribution in [0.1, 0.15) is 31.9 Å². The topological polar surface area (TPSA) is 104 Å². The summed E-state index contributed by atoms with van der Waals surface area (Å²) < 4.78 is 5.31. The van der Waals surface area contributed by atoms with Gasteiger partial charge >= 0.3 is 6.09 Å². The van der Waals surface area contributed by atoms with E-state index in [0.717, 1.165) is 11.1 Å². The molecule has 0 fully saturated rings. The molecule has 152 valence electrons. The van der Waals surface area contributed by atoms with Gasteiger partial charge in [0.25, 0.3) is 0 Å². The average Bonchev–Trinajstić information content (AvgIpc) is 2.67. The van der Waals surface area contributed by atoms with Gasteiger partial charge in [0.2, 0.25) is 0 Å². The number of alkyl carbamates (subject to hydrolysis) is 1. The molecule has 1 amide bonds. The van der Waals surface area contributed by atoms with Crippen molar-refractivity contribution >= 4 is 11.9 Å². The molecule has 0 aromatic heterocycles. The summed E-state index contributed by atoms with van der Waals surface area (Å²) in [5.74, 6) is -0.360. The number of carbonyl (C=O) groups excluding carboxylic acids is 2. The lowest BCUT2D eigenvalue weighted by Crippen LogP contribution is -2.48. The zero-order chi connectivity index (χ0) is 21.3. The predicted octanol–water partition coefficient (Wildman–Crippen LogP) is 4.61. The number of rotatable bonds is 8. The van der Waals surface area contributed by atoms with Crippen molar-refractivity contribution in [1.82, 2.24) is 5.32 Å². The molecule has 2 rings (SSSR count). The molecule has 0 aliphatic heterocycles. The minimum absolute atomic E-state index is 0.255. The van der Waals surface area contributed by atoms with E-state index in [2.05, 4.69) is 15.3 Å². The van der Waals surface area contributed by atoms with Crippen LogP contribution >= 0.6 is 0 Å². The van der Waals surface area contributed by atoms with Gasteiger partial charge in [-0.15, -0.1) is 0 Å². The second kappa shape index (κ2) is 10.3. The van der Waals surface area contributed by atoms with E-state index in [9.17, 15) is 9.59 Å². The van der Waals surface area contributed by atoms with Gasteiger partial charge in [-0.25, -0.2) is 4.79 Å². The Morgan fingerprint density at radius 3 is 2.00 bits per heavy atom. The van der Waals surface area contributed by atoms with Crippen LogP contribution in [0.2, 0.25) is 0 Å². The van der Waals surface area contributed by atoms with E-state index in [1.807, 2.05) is 60.7 Å². The van der Waals surface area contributed by atoms with Crippen LogP contribution in [0.3, 0.4) is 0 Å². The fourth-order valence-corrected chi connectivity index (χ4v) is 2.85. The summed E-state index contributed by atoms with van der Waals surface area (Å²) in [7, 11) is 0. The number of azide groups is 1. The van der Waals surface area contributed by atoms with Crippen LogP contribution in [0.25, 0.3) is 10.4 Å². The lowest BCUT2D eigenvalue weighted by Gasteiger charge is -2.24. The summed E-state index contributed by atoms with van der Waals surface area (Å²) in [6.07, 6.45) is -0.165. The Morgan fingerprint density at radius 2 is 1.52 bits per heavy atom. The fourth-order valence-electron chi connectivity index (χ4n) is 2.85. The molecule has 29 heavy (non-hydrogen) atoms. The van der Waals surface area contributed by atoms with Crippen molar-refractivity contribution in [3.63, 3.8) is 0 Å². The molecular weight excluding hydrogens is 368 g/mol. The Kier molecular flexibility index (Phi) is 7.80. The van der Waals surface area contributed by atoms with E-state index >= 15 is 0 Å². The first-order valence-corrected chi connectivity index (χ1v) is 9.44. The first kappa shape index (κ1) is 22.0. The van der Waals surface area contributed by atoms with Crippen molar-refractivity contribution in [1.29, 1.82) is 0 Å². The molecule has 1 N–H and O–H groups in total. The Balaban J connectivity index is 2.24. The maximum Gasteiger partial charge on any atom is 0.408 e. The number of carbonyl (C=O) groups is 2. The van der Waals surface area contributed by atoms with Crippen LogP contribution < -0.4 is 5.32 Å². The van der Waals surface area contributed by atoms with Crippen LogP contribution in [0.4, 0.5) is 4.79 Å². The van der Waals surface area contributed by atoms with Gasteiger partial charge in [0.1, 0.15) is 11.6 Å². The van der Waals surface area contributed by atoms with Crippen molar-refractivity contribution in [3.8, 4) is 0 Å². The quantitative estimate of drug-likeness (QED) is 0.401. The first-order valence-electron chi connectivity index (χ1n) is 9.44. The van der Waals surface area contributed by atoms with Crippen molar-refractivity contribution in [3.05, 3.63) is 82.2 Å². The van der Waals surface area contributed by atoms with E-state index < -0.39 is 23.8 Å². The van der Waals surface area contributed by atoms with Crippen LogP contribution in [0.5, 0.6) is 0 Å². The molecule has 0 radical (unpaired) electrons. The maximum absolute atomic E-state index is 13.2. The maximum atomic E-state index is 13.2.